The van der Waals surface area contributed by atoms with Crippen LogP contribution in [0.25, 0.3) is 0 Å². The fourth-order valence-corrected chi connectivity index (χ4v) is 3.33. The summed E-state index contributed by atoms with van der Waals surface area (Å²) in [5, 5.41) is 0. The summed E-state index contributed by atoms with van der Waals surface area (Å²) in [5.74, 6) is 2.35. The molecule has 2 aliphatic rings. The van der Waals surface area contributed by atoms with Gasteiger partial charge in [-0.15, -0.1) is 0 Å². The first-order valence-electron chi connectivity index (χ1n) is 8.50. The summed E-state index contributed by atoms with van der Waals surface area (Å²) in [6, 6.07) is 9.96. The predicted octanol–water partition coefficient (Wildman–Crippen LogP) is 4.06. The number of hydrogen-bond acceptors (Lipinski definition) is 3. The Kier molecular flexibility index (Phi) is 4.74. The molecule has 22 heavy (non-hydrogen) atoms. The second-order valence-corrected chi connectivity index (χ2v) is 7.52. The van der Waals surface area contributed by atoms with E-state index in [4.69, 9.17) is 14.2 Å². The second kappa shape index (κ2) is 6.59. The number of para-hydroxylation sites is 1. The molecule has 0 aromatic heterocycles. The van der Waals surface area contributed by atoms with Crippen molar-refractivity contribution in [1.29, 1.82) is 0 Å². The topological polar surface area (TPSA) is 27.7 Å². The molecule has 3 unspecified atom stereocenters. The van der Waals surface area contributed by atoms with Crippen molar-refractivity contribution in [2.75, 3.05) is 13.2 Å². The number of hydrogen-bond donors (Lipinski definition) is 0. The Hall–Kier alpha value is -1.06. The van der Waals surface area contributed by atoms with Gasteiger partial charge in [0.25, 0.3) is 0 Å². The Bertz CT molecular complexity index is 461. The van der Waals surface area contributed by atoms with Crippen LogP contribution in [-0.2, 0) is 9.47 Å². The van der Waals surface area contributed by atoms with E-state index >= 15 is 0 Å². The molecule has 1 saturated heterocycles. The molecule has 3 nitrogen and oxygen atoms in total. The molecule has 122 valence electrons. The maximum Gasteiger partial charge on any atom is 0.119 e. The van der Waals surface area contributed by atoms with Gasteiger partial charge in [-0.1, -0.05) is 18.2 Å². The molecule has 0 N–H and O–H groups in total. The van der Waals surface area contributed by atoms with Crippen molar-refractivity contribution in [3.8, 4) is 5.75 Å². The maximum absolute atomic E-state index is 6.39. The van der Waals surface area contributed by atoms with Gasteiger partial charge < -0.3 is 14.2 Å². The summed E-state index contributed by atoms with van der Waals surface area (Å²) in [6.45, 7) is 7.77. The lowest BCUT2D eigenvalue weighted by molar-refractivity contribution is -0.187. The lowest BCUT2D eigenvalue weighted by atomic mass is 9.87. The minimum absolute atomic E-state index is 0.0266. The van der Waals surface area contributed by atoms with E-state index in [1.165, 1.54) is 12.8 Å². The molecule has 3 rings (SSSR count). The molecule has 1 aromatic rings. The molecular weight excluding hydrogens is 276 g/mol. The Labute approximate surface area is 134 Å². The first-order valence-corrected chi connectivity index (χ1v) is 8.50. The summed E-state index contributed by atoms with van der Waals surface area (Å²) < 4.78 is 18.3. The van der Waals surface area contributed by atoms with Crippen LogP contribution in [0.2, 0.25) is 0 Å². The van der Waals surface area contributed by atoms with Crippen LogP contribution in [0.4, 0.5) is 0 Å². The third-order valence-corrected chi connectivity index (χ3v) is 4.45. The third kappa shape index (κ3) is 4.23. The van der Waals surface area contributed by atoms with Gasteiger partial charge in [-0.3, -0.25) is 0 Å². The van der Waals surface area contributed by atoms with Gasteiger partial charge in [0.05, 0.1) is 11.7 Å². The molecule has 1 aliphatic carbocycles. The highest BCUT2D eigenvalue weighted by Gasteiger charge is 2.45. The fourth-order valence-electron chi connectivity index (χ4n) is 3.33. The van der Waals surface area contributed by atoms with Gasteiger partial charge >= 0.3 is 0 Å². The molecule has 1 aliphatic heterocycles. The highest BCUT2D eigenvalue weighted by molar-refractivity contribution is 5.21. The number of rotatable bonds is 5. The van der Waals surface area contributed by atoms with E-state index in [-0.39, 0.29) is 17.8 Å². The van der Waals surface area contributed by atoms with E-state index in [2.05, 4.69) is 20.8 Å². The van der Waals surface area contributed by atoms with Gasteiger partial charge in [0.1, 0.15) is 18.5 Å². The van der Waals surface area contributed by atoms with Crippen LogP contribution in [0.5, 0.6) is 5.75 Å². The quantitative estimate of drug-likeness (QED) is 0.821. The normalized spacial score (nSPS) is 29.3. The fraction of sp³-hybridized carbons (Fsp3) is 0.684. The number of ether oxygens (including phenoxy) is 3. The lowest BCUT2D eigenvalue weighted by Gasteiger charge is -2.41. The van der Waals surface area contributed by atoms with E-state index in [1.54, 1.807) is 0 Å². The van der Waals surface area contributed by atoms with Crippen LogP contribution in [0, 0.1) is 11.8 Å². The third-order valence-electron chi connectivity index (χ3n) is 4.45. The van der Waals surface area contributed by atoms with Gasteiger partial charge in [-0.05, 0) is 64.0 Å². The average molecular weight is 304 g/mol. The lowest BCUT2D eigenvalue weighted by Crippen LogP contribution is -2.49. The van der Waals surface area contributed by atoms with Crippen molar-refractivity contribution >= 4 is 0 Å². The van der Waals surface area contributed by atoms with Crippen molar-refractivity contribution in [1.82, 2.24) is 0 Å². The second-order valence-electron chi connectivity index (χ2n) is 7.52. The first kappa shape index (κ1) is 15.8. The van der Waals surface area contributed by atoms with Crippen molar-refractivity contribution in [3.05, 3.63) is 30.3 Å². The molecule has 2 fully saturated rings. The van der Waals surface area contributed by atoms with Gasteiger partial charge in [-0.2, -0.15) is 0 Å². The SMILES string of the molecule is CC(C)(C)OC1C(COc2ccccc2)OCCC1C1CC1. The Morgan fingerprint density at radius 3 is 2.45 bits per heavy atom. The van der Waals surface area contributed by atoms with Crippen molar-refractivity contribution in [2.45, 2.75) is 57.8 Å². The van der Waals surface area contributed by atoms with Gasteiger partial charge in [0, 0.05) is 6.61 Å². The molecular formula is C19H28O3. The summed E-state index contributed by atoms with van der Waals surface area (Å²) in [6.07, 6.45) is 3.98. The van der Waals surface area contributed by atoms with Crippen molar-refractivity contribution in [3.63, 3.8) is 0 Å². The highest BCUT2D eigenvalue weighted by atomic mass is 16.6. The van der Waals surface area contributed by atoms with E-state index in [9.17, 15) is 0 Å². The molecule has 0 bridgehead atoms. The standard InChI is InChI=1S/C19H28O3/c1-19(2,3)22-18-16(14-9-10-14)11-12-20-17(18)13-21-15-7-5-4-6-8-15/h4-8,14,16-18H,9-13H2,1-3H3. The predicted molar refractivity (Wildman–Crippen MR) is 87.1 cm³/mol. The summed E-state index contributed by atoms with van der Waals surface area (Å²) in [4.78, 5) is 0. The molecule has 0 radical (unpaired) electrons. The van der Waals surface area contributed by atoms with Crippen molar-refractivity contribution < 1.29 is 14.2 Å². The van der Waals surface area contributed by atoms with Crippen molar-refractivity contribution in [2.24, 2.45) is 11.8 Å². The molecule has 1 heterocycles. The van der Waals surface area contributed by atoms with Gasteiger partial charge in [-0.25, -0.2) is 0 Å². The van der Waals surface area contributed by atoms with Gasteiger partial charge in [0.15, 0.2) is 0 Å². The van der Waals surface area contributed by atoms with E-state index in [1.807, 2.05) is 30.3 Å². The molecule has 3 atom stereocenters. The van der Waals surface area contributed by atoms with Crippen LogP contribution in [-0.4, -0.2) is 31.0 Å². The zero-order valence-electron chi connectivity index (χ0n) is 14.0. The maximum atomic E-state index is 6.39. The molecule has 1 aromatic carbocycles. The minimum Gasteiger partial charge on any atom is -0.491 e. The van der Waals surface area contributed by atoms with E-state index < -0.39 is 0 Å². The molecule has 1 saturated carbocycles. The van der Waals surface area contributed by atoms with E-state index in [0.29, 0.717) is 12.5 Å². The Morgan fingerprint density at radius 1 is 1.09 bits per heavy atom. The molecule has 3 heteroatoms. The van der Waals surface area contributed by atoms with Gasteiger partial charge in [0.2, 0.25) is 0 Å². The van der Waals surface area contributed by atoms with Crippen LogP contribution in [0.3, 0.4) is 0 Å². The minimum atomic E-state index is -0.149. The van der Waals surface area contributed by atoms with Crippen LogP contribution >= 0.6 is 0 Å². The van der Waals surface area contributed by atoms with Crippen LogP contribution in [0.15, 0.2) is 30.3 Å². The Morgan fingerprint density at radius 2 is 1.82 bits per heavy atom. The first-order chi connectivity index (χ1) is 10.5. The average Bonchev–Trinajstić information content (AvgIpc) is 3.30. The molecule has 0 spiro atoms. The monoisotopic (exact) mass is 304 g/mol. The summed E-state index contributed by atoms with van der Waals surface area (Å²) in [7, 11) is 0. The zero-order valence-corrected chi connectivity index (χ0v) is 14.0. The summed E-state index contributed by atoms with van der Waals surface area (Å²) >= 11 is 0. The highest BCUT2D eigenvalue weighted by Crippen LogP contribution is 2.44. The smallest absolute Gasteiger partial charge is 0.119 e. The van der Waals surface area contributed by atoms with Crippen LogP contribution in [0.1, 0.15) is 40.0 Å². The molecule has 0 amide bonds. The number of benzene rings is 1. The zero-order chi connectivity index (χ0) is 15.6. The Balaban J connectivity index is 1.66. The summed E-state index contributed by atoms with van der Waals surface area (Å²) in [5.41, 5.74) is -0.149. The largest absolute Gasteiger partial charge is 0.491 e. The van der Waals surface area contributed by atoms with E-state index in [0.717, 1.165) is 24.7 Å². The van der Waals surface area contributed by atoms with Crippen LogP contribution < -0.4 is 4.74 Å².